The molecule has 21 heteroatoms. The molecule has 338 valence electrons. The number of nitrogens with two attached hydrogens (primary N) is 1. The largest absolute Gasteiger partial charge is 0.480 e. The maximum absolute atomic E-state index is 14.0. The van der Waals surface area contributed by atoms with E-state index in [1.165, 1.54) is 37.5 Å². The molecular weight excluding hydrogens is 798 g/mol. The summed E-state index contributed by atoms with van der Waals surface area (Å²) < 4.78 is 0. The van der Waals surface area contributed by atoms with Crippen LogP contribution >= 0.6 is 0 Å². The highest BCUT2D eigenvalue weighted by molar-refractivity contribution is 5.98. The summed E-state index contributed by atoms with van der Waals surface area (Å²) in [7, 11) is 0. The van der Waals surface area contributed by atoms with Gasteiger partial charge in [0, 0.05) is 19.5 Å². The first-order valence-electron chi connectivity index (χ1n) is 20.4. The fourth-order valence-corrected chi connectivity index (χ4v) is 7.00. The van der Waals surface area contributed by atoms with Gasteiger partial charge >= 0.3 is 5.97 Å². The van der Waals surface area contributed by atoms with Gasteiger partial charge in [-0.3, -0.25) is 38.4 Å². The van der Waals surface area contributed by atoms with Crippen molar-refractivity contribution >= 4 is 53.2 Å². The highest BCUT2D eigenvalue weighted by Gasteiger charge is 2.44. The predicted octanol–water partition coefficient (Wildman–Crippen LogP) is -3.38. The first-order valence-corrected chi connectivity index (χ1v) is 20.4. The number of nitrogens with one attached hydrogen (secondary N) is 6. The van der Waals surface area contributed by atoms with E-state index in [0.717, 1.165) is 0 Å². The van der Waals surface area contributed by atoms with Gasteiger partial charge in [-0.1, -0.05) is 44.2 Å². The molecule has 1 aromatic carbocycles. The van der Waals surface area contributed by atoms with Crippen molar-refractivity contribution < 1.29 is 58.5 Å². The third-order valence-corrected chi connectivity index (χ3v) is 10.6. The Morgan fingerprint density at radius 2 is 1.21 bits per heavy atom. The minimum Gasteiger partial charge on any atom is -0.480 e. The van der Waals surface area contributed by atoms with Crippen LogP contribution in [0.5, 0.6) is 0 Å². The van der Waals surface area contributed by atoms with Crippen LogP contribution in [0.1, 0.15) is 72.8 Å². The second kappa shape index (κ2) is 22.8. The zero-order valence-electron chi connectivity index (χ0n) is 35.4. The van der Waals surface area contributed by atoms with Gasteiger partial charge in [-0.25, -0.2) is 4.79 Å². The van der Waals surface area contributed by atoms with Crippen molar-refractivity contribution in [3.63, 3.8) is 0 Å². The molecule has 8 amide bonds. The zero-order valence-corrected chi connectivity index (χ0v) is 35.4. The first-order chi connectivity index (χ1) is 28.7. The second-order valence-corrected chi connectivity index (χ2v) is 15.9. The SMILES string of the molecule is CC(C)[C@H](NC(=O)[C@H](CO)NC(=O)[C@H](C)N)C(=O)N1CCC[C@H]1C(=O)N1CCC[C@H]1C(=O)N[C@@H](C)C(=O)N[C@@H](C)C(=O)N[C@H](C(=O)N[C@@H](Cc1ccccc1)C(=O)O)[C@@H](C)O. The molecule has 0 saturated carbocycles. The molecule has 3 rings (SSSR count). The molecule has 2 saturated heterocycles. The highest BCUT2D eigenvalue weighted by Crippen LogP contribution is 2.26. The summed E-state index contributed by atoms with van der Waals surface area (Å²) >= 11 is 0. The Labute approximate surface area is 354 Å². The van der Waals surface area contributed by atoms with Crippen LogP contribution in [-0.2, 0) is 49.6 Å². The average Bonchev–Trinajstić information content (AvgIpc) is 3.91. The Balaban J connectivity index is 1.60. The smallest absolute Gasteiger partial charge is 0.326 e. The quantitative estimate of drug-likeness (QED) is 0.0613. The number of benzene rings is 1. The van der Waals surface area contributed by atoms with Gasteiger partial charge in [0.2, 0.25) is 47.3 Å². The van der Waals surface area contributed by atoms with Gasteiger partial charge in [-0.05, 0) is 64.9 Å². The van der Waals surface area contributed by atoms with Crippen molar-refractivity contribution in [2.24, 2.45) is 11.7 Å². The molecule has 0 bridgehead atoms. The molecule has 0 radical (unpaired) electrons. The average molecular weight is 860 g/mol. The van der Waals surface area contributed by atoms with Crippen LogP contribution in [0.25, 0.3) is 0 Å². The predicted molar refractivity (Wildman–Crippen MR) is 217 cm³/mol. The molecule has 0 aromatic heterocycles. The van der Waals surface area contributed by atoms with Crippen LogP contribution < -0.4 is 37.6 Å². The van der Waals surface area contributed by atoms with E-state index in [1.807, 2.05) is 0 Å². The molecule has 1 aromatic rings. The minimum absolute atomic E-state index is 0.0590. The van der Waals surface area contributed by atoms with E-state index in [1.54, 1.807) is 44.2 Å². The molecule has 10 atom stereocenters. The summed E-state index contributed by atoms with van der Waals surface area (Å²) in [5.41, 5.74) is 6.19. The normalized spacial score (nSPS) is 20.2. The number of carbonyl (C=O) groups is 9. The lowest BCUT2D eigenvalue weighted by molar-refractivity contribution is -0.148. The molecule has 0 unspecified atom stereocenters. The lowest BCUT2D eigenvalue weighted by Gasteiger charge is -2.34. The molecule has 11 N–H and O–H groups in total. The summed E-state index contributed by atoms with van der Waals surface area (Å²) in [6, 6.07) is -2.27. The summed E-state index contributed by atoms with van der Waals surface area (Å²) in [5.74, 6) is -7.58. The van der Waals surface area contributed by atoms with Crippen molar-refractivity contribution in [2.45, 2.75) is 134 Å². The van der Waals surface area contributed by atoms with Gasteiger partial charge in [-0.15, -0.1) is 0 Å². The van der Waals surface area contributed by atoms with Crippen molar-refractivity contribution in [3.8, 4) is 0 Å². The number of nitrogens with zero attached hydrogens (tertiary/aromatic N) is 2. The Morgan fingerprint density at radius 3 is 1.77 bits per heavy atom. The Morgan fingerprint density at radius 1 is 0.672 bits per heavy atom. The lowest BCUT2D eigenvalue weighted by Crippen LogP contribution is -2.60. The number of rotatable bonds is 20. The number of aliphatic hydroxyl groups excluding tert-OH is 2. The molecular formula is C40H61N9O12. The molecule has 21 nitrogen and oxygen atoms in total. The number of carbonyl (C=O) groups excluding carboxylic acids is 8. The number of carboxylic acid groups (broad SMARTS) is 1. The first kappa shape index (κ1) is 49.7. The Kier molecular flexibility index (Phi) is 18.6. The number of hydrogen-bond acceptors (Lipinski definition) is 12. The van der Waals surface area contributed by atoms with Gasteiger partial charge in [0.1, 0.15) is 48.3 Å². The third-order valence-electron chi connectivity index (χ3n) is 10.6. The maximum atomic E-state index is 14.0. The van der Waals surface area contributed by atoms with Crippen molar-refractivity contribution in [1.29, 1.82) is 0 Å². The summed E-state index contributed by atoms with van der Waals surface area (Å²) in [4.78, 5) is 120. The summed E-state index contributed by atoms with van der Waals surface area (Å²) in [5, 5.41) is 44.3. The standard InChI is InChI=1S/C40H61N9O12/c1-20(2)30(46-35(55)27(19-50)45-32(52)21(3)41)39(59)49-17-11-15-29(49)38(58)48-16-10-14-28(48)36(56)43-22(4)33(53)42-23(5)34(54)47-31(24(6)51)37(57)44-26(40(60)61)18-25-12-8-7-9-13-25/h7-9,12-13,20-24,26-31,50-51H,10-11,14-19,41H2,1-6H3,(H,42,53)(H,43,56)(H,44,57)(H,45,52)(H,46,55)(H,47,54)(H,60,61)/t21-,22-,23-,24+,26-,27-,28-,29-,30-,31-/m0/s1. The number of hydrogen-bond donors (Lipinski definition) is 10. The third kappa shape index (κ3) is 13.7. The fourth-order valence-electron chi connectivity index (χ4n) is 7.00. The monoisotopic (exact) mass is 859 g/mol. The Hall–Kier alpha value is -5.67. The minimum atomic E-state index is -1.58. The molecule has 2 heterocycles. The van der Waals surface area contributed by atoms with Crippen LogP contribution in [0.4, 0.5) is 0 Å². The van der Waals surface area contributed by atoms with Gasteiger partial charge in [-0.2, -0.15) is 0 Å². The van der Waals surface area contributed by atoms with Crippen LogP contribution in [-0.4, -0.2) is 159 Å². The highest BCUT2D eigenvalue weighted by atomic mass is 16.4. The molecule has 2 aliphatic heterocycles. The topological polar surface area (TPSA) is 319 Å². The number of amides is 8. The molecule has 2 aliphatic rings. The van der Waals surface area contributed by atoms with E-state index >= 15 is 0 Å². The second-order valence-electron chi connectivity index (χ2n) is 15.9. The number of carboxylic acids is 1. The molecule has 2 fully saturated rings. The number of aliphatic hydroxyl groups is 2. The van der Waals surface area contributed by atoms with E-state index in [-0.39, 0.29) is 25.9 Å². The van der Waals surface area contributed by atoms with Crippen LogP contribution in [0.3, 0.4) is 0 Å². The Bertz CT molecular complexity index is 1760. The van der Waals surface area contributed by atoms with E-state index in [2.05, 4.69) is 31.9 Å². The molecule has 0 spiro atoms. The zero-order chi connectivity index (χ0) is 45.7. The van der Waals surface area contributed by atoms with Gasteiger partial charge in [0.15, 0.2) is 0 Å². The summed E-state index contributed by atoms with van der Waals surface area (Å²) in [6.07, 6.45) is -0.0228. The summed E-state index contributed by atoms with van der Waals surface area (Å²) in [6.45, 7) is 8.33. The van der Waals surface area contributed by atoms with Crippen molar-refractivity contribution in [2.75, 3.05) is 19.7 Å². The van der Waals surface area contributed by atoms with E-state index < -0.39 is 126 Å². The van der Waals surface area contributed by atoms with Gasteiger partial charge in [0.25, 0.3) is 0 Å². The van der Waals surface area contributed by atoms with Crippen molar-refractivity contribution in [3.05, 3.63) is 35.9 Å². The number of aliphatic carboxylic acids is 1. The maximum Gasteiger partial charge on any atom is 0.326 e. The lowest BCUT2D eigenvalue weighted by atomic mass is 10.0. The van der Waals surface area contributed by atoms with Crippen LogP contribution in [0.15, 0.2) is 30.3 Å². The van der Waals surface area contributed by atoms with E-state index in [4.69, 9.17) is 5.73 Å². The van der Waals surface area contributed by atoms with Crippen molar-refractivity contribution in [1.82, 2.24) is 41.7 Å². The van der Waals surface area contributed by atoms with Gasteiger partial charge < -0.3 is 62.8 Å². The van der Waals surface area contributed by atoms with E-state index in [9.17, 15) is 58.5 Å². The fraction of sp³-hybridized carbons (Fsp3) is 0.625. The van der Waals surface area contributed by atoms with Gasteiger partial charge in [0.05, 0.1) is 18.8 Å². The van der Waals surface area contributed by atoms with Crippen LogP contribution in [0.2, 0.25) is 0 Å². The van der Waals surface area contributed by atoms with E-state index in [0.29, 0.717) is 24.8 Å². The molecule has 0 aliphatic carbocycles. The number of likely N-dealkylation sites (tertiary alicyclic amines) is 2. The molecule has 61 heavy (non-hydrogen) atoms. The van der Waals surface area contributed by atoms with Crippen LogP contribution in [0, 0.1) is 5.92 Å².